The van der Waals surface area contributed by atoms with Crippen LogP contribution in [0.15, 0.2) is 47.3 Å². The highest BCUT2D eigenvalue weighted by Crippen LogP contribution is 2.58. The number of hydrogen-bond donors (Lipinski definition) is 2. The summed E-state index contributed by atoms with van der Waals surface area (Å²) in [4.78, 5) is 12.9. The molecule has 0 bridgehead atoms. The van der Waals surface area contributed by atoms with Gasteiger partial charge in [0.25, 0.3) is 0 Å². The minimum atomic E-state index is -0.873. The van der Waals surface area contributed by atoms with Crippen LogP contribution >= 0.6 is 39.1 Å². The molecule has 2 saturated carbocycles. The monoisotopic (exact) mass is 546 g/mol. The second-order valence-corrected chi connectivity index (χ2v) is 10.9. The van der Waals surface area contributed by atoms with Gasteiger partial charge in [0.15, 0.2) is 0 Å². The summed E-state index contributed by atoms with van der Waals surface area (Å²) in [6.45, 7) is 0. The Labute approximate surface area is 208 Å². The fourth-order valence-corrected chi connectivity index (χ4v) is 6.66. The number of fused-ring (bicyclic) bond motifs is 2. The van der Waals surface area contributed by atoms with E-state index in [-0.39, 0.29) is 17.4 Å². The lowest BCUT2D eigenvalue weighted by Gasteiger charge is -2.28. The van der Waals surface area contributed by atoms with Crippen molar-refractivity contribution in [2.75, 3.05) is 0 Å². The Kier molecular flexibility index (Phi) is 5.20. The van der Waals surface area contributed by atoms with E-state index >= 15 is 0 Å². The first-order chi connectivity index (χ1) is 15.9. The third-order valence-corrected chi connectivity index (χ3v) is 9.07. The molecule has 4 aromatic rings. The molecule has 2 aliphatic rings. The zero-order valence-corrected chi connectivity index (χ0v) is 20.6. The van der Waals surface area contributed by atoms with Crippen molar-refractivity contribution in [1.82, 2.24) is 19.5 Å². The van der Waals surface area contributed by atoms with Crippen molar-refractivity contribution >= 4 is 61.1 Å². The number of nitrogens with zero attached hydrogens (tertiary/aromatic N) is 4. The zero-order chi connectivity index (χ0) is 22.9. The molecule has 0 saturated heterocycles. The number of aromatic nitrogens is 4. The summed E-state index contributed by atoms with van der Waals surface area (Å²) in [7, 11) is 0. The first kappa shape index (κ1) is 21.7. The molecule has 1 aromatic carbocycles. The number of pyridine rings is 1. The first-order valence-corrected chi connectivity index (χ1v) is 12.5. The molecule has 5 atom stereocenters. The minimum Gasteiger partial charge on any atom is -0.390 e. The summed E-state index contributed by atoms with van der Waals surface area (Å²) in [6.07, 6.45) is 4.94. The van der Waals surface area contributed by atoms with E-state index in [9.17, 15) is 10.2 Å². The van der Waals surface area contributed by atoms with Gasteiger partial charge >= 0.3 is 0 Å². The maximum atomic E-state index is 11.2. The van der Waals surface area contributed by atoms with E-state index in [1.807, 2.05) is 22.9 Å². The van der Waals surface area contributed by atoms with Crippen LogP contribution in [0.25, 0.3) is 21.9 Å². The second-order valence-electron chi connectivity index (χ2n) is 9.35. The smallest absolute Gasteiger partial charge is 0.145 e. The average Bonchev–Trinajstić information content (AvgIpc) is 3.48. The predicted octanol–water partition coefficient (Wildman–Crippen LogP) is 5.67. The molecular weight excluding hydrogens is 527 g/mol. The Balaban J connectivity index is 1.30. The molecule has 0 radical (unpaired) electrons. The average molecular weight is 548 g/mol. The molecule has 2 aliphatic carbocycles. The summed E-state index contributed by atoms with van der Waals surface area (Å²) in [5.41, 5.74) is 2.40. The third kappa shape index (κ3) is 3.40. The second kappa shape index (κ2) is 7.89. The van der Waals surface area contributed by atoms with E-state index in [0.717, 1.165) is 40.0 Å². The number of halogens is 3. The quantitative estimate of drug-likeness (QED) is 0.249. The van der Waals surface area contributed by atoms with Gasteiger partial charge in [0.05, 0.1) is 27.5 Å². The molecule has 6 rings (SSSR count). The molecule has 3 heterocycles. The molecular formula is C24H21BrCl2N4O2. The third-order valence-electron chi connectivity index (χ3n) is 7.65. The van der Waals surface area contributed by atoms with Gasteiger partial charge in [-0.1, -0.05) is 35.3 Å². The molecule has 0 aliphatic heterocycles. The van der Waals surface area contributed by atoms with E-state index in [4.69, 9.17) is 23.2 Å². The van der Waals surface area contributed by atoms with Gasteiger partial charge in [0.1, 0.15) is 28.4 Å². The molecule has 9 heteroatoms. The van der Waals surface area contributed by atoms with Crippen LogP contribution in [0, 0.1) is 5.41 Å². The Morgan fingerprint density at radius 3 is 2.76 bits per heavy atom. The van der Waals surface area contributed by atoms with Gasteiger partial charge in [-0.05, 0) is 71.3 Å². The molecule has 33 heavy (non-hydrogen) atoms. The number of aliphatic hydroxyl groups excluding tert-OH is 2. The lowest BCUT2D eigenvalue weighted by Crippen LogP contribution is -2.35. The van der Waals surface area contributed by atoms with E-state index in [2.05, 4.69) is 49.1 Å². The summed E-state index contributed by atoms with van der Waals surface area (Å²) in [5.74, 6) is 0.289. The highest BCUT2D eigenvalue weighted by atomic mass is 79.9. The van der Waals surface area contributed by atoms with Crippen LogP contribution in [0.2, 0.25) is 10.3 Å². The maximum absolute atomic E-state index is 11.2. The Morgan fingerprint density at radius 1 is 1.06 bits per heavy atom. The molecule has 3 aromatic heterocycles. The molecule has 1 spiro atoms. The topological polar surface area (TPSA) is 84.1 Å². The molecule has 2 N–H and O–H groups in total. The normalized spacial score (nSPS) is 29.6. The van der Waals surface area contributed by atoms with Gasteiger partial charge in [0, 0.05) is 17.0 Å². The van der Waals surface area contributed by atoms with E-state index < -0.39 is 12.2 Å². The van der Waals surface area contributed by atoms with Gasteiger partial charge < -0.3 is 14.8 Å². The summed E-state index contributed by atoms with van der Waals surface area (Å²) >= 11 is 15.9. The highest BCUT2D eigenvalue weighted by Gasteiger charge is 2.56. The molecule has 0 amide bonds. The molecule has 6 nitrogen and oxygen atoms in total. The van der Waals surface area contributed by atoms with E-state index in [1.165, 1.54) is 11.9 Å². The van der Waals surface area contributed by atoms with Crippen LogP contribution < -0.4 is 0 Å². The molecule has 5 unspecified atom stereocenters. The molecule has 2 fully saturated rings. The van der Waals surface area contributed by atoms with Gasteiger partial charge in [0.2, 0.25) is 0 Å². The fourth-order valence-electron chi connectivity index (χ4n) is 5.99. The van der Waals surface area contributed by atoms with Crippen LogP contribution in [-0.4, -0.2) is 41.9 Å². The Bertz CT molecular complexity index is 1400. The van der Waals surface area contributed by atoms with Crippen LogP contribution in [-0.2, 0) is 0 Å². The standard InChI is InChI=1S/C24H21BrCl2N4O2/c25-16-7-13-2-1-12(8-17(13)30-22(16)27)14-3-5-24(9-14)10-18(19(32)20(24)33)31-6-4-15-21(26)28-11-29-23(15)31/h1-2,4,6-8,11,14,18-20,32-33H,3,5,9-10H2. The summed E-state index contributed by atoms with van der Waals surface area (Å²) < 4.78 is 2.72. The summed E-state index contributed by atoms with van der Waals surface area (Å²) in [5, 5.41) is 24.9. The first-order valence-electron chi connectivity index (χ1n) is 11.0. The zero-order valence-electron chi connectivity index (χ0n) is 17.5. The van der Waals surface area contributed by atoms with Crippen molar-refractivity contribution < 1.29 is 10.2 Å². The van der Waals surface area contributed by atoms with Crippen molar-refractivity contribution in [3.05, 3.63) is 63.2 Å². The highest BCUT2D eigenvalue weighted by molar-refractivity contribution is 9.10. The Hall–Kier alpha value is -1.77. The van der Waals surface area contributed by atoms with E-state index in [0.29, 0.717) is 22.4 Å². The minimum absolute atomic E-state index is 0.267. The van der Waals surface area contributed by atoms with Crippen molar-refractivity contribution in [2.24, 2.45) is 5.41 Å². The lowest BCUT2D eigenvalue weighted by atomic mass is 9.80. The van der Waals surface area contributed by atoms with Crippen molar-refractivity contribution in [3.63, 3.8) is 0 Å². The van der Waals surface area contributed by atoms with Gasteiger partial charge in [-0.3, -0.25) is 0 Å². The maximum Gasteiger partial charge on any atom is 0.145 e. The fraction of sp³-hybridized carbons (Fsp3) is 0.375. The van der Waals surface area contributed by atoms with Crippen molar-refractivity contribution in [2.45, 2.75) is 49.9 Å². The van der Waals surface area contributed by atoms with Crippen molar-refractivity contribution in [1.29, 1.82) is 0 Å². The molecule has 170 valence electrons. The number of hydrogen-bond acceptors (Lipinski definition) is 5. The van der Waals surface area contributed by atoms with Crippen LogP contribution in [0.5, 0.6) is 0 Å². The van der Waals surface area contributed by atoms with Crippen LogP contribution in [0.1, 0.15) is 43.2 Å². The van der Waals surface area contributed by atoms with Crippen LogP contribution in [0.4, 0.5) is 0 Å². The van der Waals surface area contributed by atoms with E-state index in [1.54, 1.807) is 0 Å². The predicted molar refractivity (Wildman–Crippen MR) is 132 cm³/mol. The van der Waals surface area contributed by atoms with Gasteiger partial charge in [-0.2, -0.15) is 0 Å². The van der Waals surface area contributed by atoms with Crippen molar-refractivity contribution in [3.8, 4) is 0 Å². The summed E-state index contributed by atoms with van der Waals surface area (Å²) in [6, 6.07) is 9.89. The Morgan fingerprint density at radius 2 is 1.91 bits per heavy atom. The van der Waals surface area contributed by atoms with Gasteiger partial charge in [-0.25, -0.2) is 15.0 Å². The number of benzene rings is 1. The van der Waals surface area contributed by atoms with Gasteiger partial charge in [-0.15, -0.1) is 0 Å². The largest absolute Gasteiger partial charge is 0.390 e. The lowest BCUT2D eigenvalue weighted by molar-refractivity contribution is -0.0260. The SMILES string of the molecule is OC1C(n2ccc3c(Cl)ncnc32)CC2(CCC(c3ccc4cc(Br)c(Cl)nc4c3)C2)C1O. The van der Waals surface area contributed by atoms with Crippen LogP contribution in [0.3, 0.4) is 0 Å². The number of aliphatic hydroxyl groups is 2. The number of rotatable bonds is 2.